The quantitative estimate of drug-likeness (QED) is 0.524. The van der Waals surface area contributed by atoms with Crippen LogP contribution in [0.1, 0.15) is 25.0 Å². The Bertz CT molecular complexity index is 811. The highest BCUT2D eigenvalue weighted by molar-refractivity contribution is 7.41. The van der Waals surface area contributed by atoms with Gasteiger partial charge in [-0.1, -0.05) is 30.3 Å². The summed E-state index contributed by atoms with van der Waals surface area (Å²) in [5.74, 6) is 0. The molecule has 0 N–H and O–H groups in total. The van der Waals surface area contributed by atoms with Gasteiger partial charge in [0.2, 0.25) is 0 Å². The van der Waals surface area contributed by atoms with Crippen LogP contribution >= 0.6 is 8.60 Å². The van der Waals surface area contributed by atoms with E-state index in [2.05, 4.69) is 59.0 Å². The van der Waals surface area contributed by atoms with E-state index < -0.39 is 8.60 Å². The maximum atomic E-state index is 5.72. The maximum Gasteiger partial charge on any atom is 0.332 e. The van der Waals surface area contributed by atoms with Crippen molar-refractivity contribution in [2.24, 2.45) is 0 Å². The van der Waals surface area contributed by atoms with Gasteiger partial charge in [0.1, 0.15) is 5.65 Å². The lowest BCUT2D eigenvalue weighted by molar-refractivity contribution is 0.164. The van der Waals surface area contributed by atoms with Crippen LogP contribution in [0.5, 0.6) is 0 Å². The van der Waals surface area contributed by atoms with Gasteiger partial charge < -0.3 is 18.0 Å². The molecule has 6 heteroatoms. The van der Waals surface area contributed by atoms with Crippen molar-refractivity contribution in [3.8, 4) is 11.3 Å². The Morgan fingerprint density at radius 3 is 2.32 bits per heavy atom. The lowest BCUT2D eigenvalue weighted by Crippen LogP contribution is -1.96. The predicted octanol–water partition coefficient (Wildman–Crippen LogP) is 5.13. The molecule has 0 unspecified atom stereocenters. The van der Waals surface area contributed by atoms with Crippen molar-refractivity contribution in [2.75, 3.05) is 13.2 Å². The SMILES string of the molecule is CCOP(OCC)OCc1ccc(-c2cn3cc(C)ccc3n2)cc1. The fourth-order valence-electron chi connectivity index (χ4n) is 2.46. The van der Waals surface area contributed by atoms with Crippen molar-refractivity contribution < 1.29 is 13.6 Å². The third kappa shape index (κ3) is 4.65. The number of pyridine rings is 1. The van der Waals surface area contributed by atoms with E-state index in [9.17, 15) is 0 Å². The number of benzene rings is 1. The summed E-state index contributed by atoms with van der Waals surface area (Å²) in [6, 6.07) is 12.3. The number of nitrogens with zero attached hydrogens (tertiary/aromatic N) is 2. The summed E-state index contributed by atoms with van der Waals surface area (Å²) >= 11 is 0. The zero-order chi connectivity index (χ0) is 17.6. The van der Waals surface area contributed by atoms with Gasteiger partial charge in [-0.3, -0.25) is 0 Å². The molecule has 0 aliphatic heterocycles. The minimum Gasteiger partial charge on any atom is -0.313 e. The van der Waals surface area contributed by atoms with Crippen LogP contribution in [0.25, 0.3) is 16.9 Å². The molecular weight excluding hydrogens is 335 g/mol. The Balaban J connectivity index is 1.68. The molecule has 0 amide bonds. The molecule has 25 heavy (non-hydrogen) atoms. The summed E-state index contributed by atoms with van der Waals surface area (Å²) in [6.07, 6.45) is 4.13. The van der Waals surface area contributed by atoms with E-state index in [1.54, 1.807) is 0 Å². The van der Waals surface area contributed by atoms with Gasteiger partial charge in [-0.25, -0.2) is 4.98 Å². The number of aryl methyl sites for hydroxylation is 1. The Hall–Kier alpha value is -1.78. The summed E-state index contributed by atoms with van der Waals surface area (Å²) in [7, 11) is -1.27. The zero-order valence-corrected chi connectivity index (χ0v) is 15.7. The summed E-state index contributed by atoms with van der Waals surface area (Å²) in [6.45, 7) is 7.57. The average molecular weight is 358 g/mol. The lowest BCUT2D eigenvalue weighted by Gasteiger charge is -2.14. The second-order valence-corrected chi connectivity index (χ2v) is 6.85. The van der Waals surface area contributed by atoms with Crippen LogP contribution in [0, 0.1) is 6.92 Å². The first-order valence-electron chi connectivity index (χ1n) is 8.43. The summed E-state index contributed by atoms with van der Waals surface area (Å²) in [4.78, 5) is 4.67. The second-order valence-electron chi connectivity index (χ2n) is 5.63. The normalized spacial score (nSPS) is 11.5. The van der Waals surface area contributed by atoms with Crippen LogP contribution in [-0.4, -0.2) is 22.6 Å². The molecule has 3 aromatic rings. The van der Waals surface area contributed by atoms with Crippen molar-refractivity contribution in [3.05, 3.63) is 59.9 Å². The summed E-state index contributed by atoms with van der Waals surface area (Å²) < 4.78 is 18.7. The lowest BCUT2D eigenvalue weighted by atomic mass is 10.1. The first-order valence-corrected chi connectivity index (χ1v) is 9.52. The molecule has 0 aliphatic carbocycles. The molecule has 0 saturated heterocycles. The van der Waals surface area contributed by atoms with Crippen LogP contribution in [0.2, 0.25) is 0 Å². The fourth-order valence-corrected chi connectivity index (χ4v) is 3.36. The number of hydrogen-bond acceptors (Lipinski definition) is 4. The third-order valence-electron chi connectivity index (χ3n) is 3.65. The van der Waals surface area contributed by atoms with Gasteiger partial charge in [0.25, 0.3) is 0 Å². The Labute approximate surface area is 149 Å². The molecule has 0 saturated carbocycles. The predicted molar refractivity (Wildman–Crippen MR) is 100 cm³/mol. The molecule has 3 rings (SSSR count). The second kappa shape index (κ2) is 8.54. The van der Waals surface area contributed by atoms with E-state index in [4.69, 9.17) is 13.6 Å². The van der Waals surface area contributed by atoms with Gasteiger partial charge in [0.15, 0.2) is 0 Å². The Morgan fingerprint density at radius 2 is 1.64 bits per heavy atom. The van der Waals surface area contributed by atoms with Crippen molar-refractivity contribution in [1.82, 2.24) is 9.38 Å². The average Bonchev–Trinajstić information content (AvgIpc) is 3.03. The van der Waals surface area contributed by atoms with Gasteiger partial charge in [-0.2, -0.15) is 0 Å². The Kier molecular flexibility index (Phi) is 6.16. The number of imidazole rings is 1. The molecule has 2 heterocycles. The van der Waals surface area contributed by atoms with Gasteiger partial charge in [-0.15, -0.1) is 0 Å². The van der Waals surface area contributed by atoms with Crippen molar-refractivity contribution in [2.45, 2.75) is 27.4 Å². The van der Waals surface area contributed by atoms with E-state index in [1.807, 2.05) is 19.9 Å². The molecule has 0 spiro atoms. The topological polar surface area (TPSA) is 45.0 Å². The summed E-state index contributed by atoms with van der Waals surface area (Å²) in [5.41, 5.74) is 5.29. The molecule has 0 fully saturated rings. The molecule has 1 aromatic carbocycles. The van der Waals surface area contributed by atoms with Crippen LogP contribution in [0.3, 0.4) is 0 Å². The molecule has 0 bridgehead atoms. The molecule has 132 valence electrons. The minimum atomic E-state index is -1.27. The van der Waals surface area contributed by atoms with Crippen LogP contribution < -0.4 is 0 Å². The van der Waals surface area contributed by atoms with Crippen molar-refractivity contribution >= 4 is 14.2 Å². The third-order valence-corrected chi connectivity index (χ3v) is 4.93. The molecule has 0 radical (unpaired) electrons. The van der Waals surface area contributed by atoms with Crippen LogP contribution in [0.4, 0.5) is 0 Å². The Morgan fingerprint density at radius 1 is 0.920 bits per heavy atom. The van der Waals surface area contributed by atoms with E-state index in [-0.39, 0.29) is 0 Å². The molecule has 2 aromatic heterocycles. The van der Waals surface area contributed by atoms with E-state index in [0.717, 1.165) is 22.5 Å². The van der Waals surface area contributed by atoms with Crippen LogP contribution in [0.15, 0.2) is 48.8 Å². The number of aromatic nitrogens is 2. The van der Waals surface area contributed by atoms with E-state index in [0.29, 0.717) is 19.8 Å². The van der Waals surface area contributed by atoms with Gasteiger partial charge >= 0.3 is 8.60 Å². The molecule has 0 aliphatic rings. The highest BCUT2D eigenvalue weighted by Crippen LogP contribution is 2.40. The zero-order valence-electron chi connectivity index (χ0n) is 14.8. The number of hydrogen-bond donors (Lipinski definition) is 0. The molecular formula is C19H23N2O3P. The first kappa shape index (κ1) is 18.0. The smallest absolute Gasteiger partial charge is 0.313 e. The van der Waals surface area contributed by atoms with E-state index >= 15 is 0 Å². The largest absolute Gasteiger partial charge is 0.332 e. The fraction of sp³-hybridized carbons (Fsp3) is 0.316. The number of rotatable bonds is 8. The van der Waals surface area contributed by atoms with Crippen molar-refractivity contribution in [3.63, 3.8) is 0 Å². The first-order chi connectivity index (χ1) is 12.2. The summed E-state index contributed by atoms with van der Waals surface area (Å²) in [5, 5.41) is 0. The van der Waals surface area contributed by atoms with Crippen molar-refractivity contribution in [1.29, 1.82) is 0 Å². The monoisotopic (exact) mass is 358 g/mol. The van der Waals surface area contributed by atoms with Gasteiger partial charge in [0.05, 0.1) is 25.5 Å². The molecule has 0 atom stereocenters. The van der Waals surface area contributed by atoms with Gasteiger partial charge in [-0.05, 0) is 38.0 Å². The van der Waals surface area contributed by atoms with Gasteiger partial charge in [0, 0.05) is 18.0 Å². The highest BCUT2D eigenvalue weighted by atomic mass is 31.2. The number of fused-ring (bicyclic) bond motifs is 1. The standard InChI is InChI=1S/C19H23N2O3P/c1-4-22-25(23-5-2)24-14-16-7-9-17(10-8-16)18-13-21-12-15(3)6-11-19(21)20-18/h6-13H,4-5,14H2,1-3H3. The minimum absolute atomic E-state index is 0.469. The highest BCUT2D eigenvalue weighted by Gasteiger charge is 2.11. The molecule has 5 nitrogen and oxygen atoms in total. The van der Waals surface area contributed by atoms with E-state index in [1.165, 1.54) is 5.56 Å². The van der Waals surface area contributed by atoms with Crippen LogP contribution in [-0.2, 0) is 20.2 Å². The maximum absolute atomic E-state index is 5.72.